The molecule has 0 saturated carbocycles. The van der Waals surface area contributed by atoms with Crippen LogP contribution in [0.1, 0.15) is 97.8 Å². The Kier molecular flexibility index (Phi) is 10.6. The van der Waals surface area contributed by atoms with E-state index in [1.807, 2.05) is 0 Å². The van der Waals surface area contributed by atoms with Crippen molar-refractivity contribution in [2.24, 2.45) is 5.92 Å². The van der Waals surface area contributed by atoms with Crippen molar-refractivity contribution < 1.29 is 14.7 Å². The van der Waals surface area contributed by atoms with Gasteiger partial charge in [-0.25, -0.2) is 0 Å². The Morgan fingerprint density at radius 2 is 1.58 bits per heavy atom. The van der Waals surface area contributed by atoms with Crippen molar-refractivity contribution >= 4 is 11.7 Å². The Balaban J connectivity index is 2.04. The van der Waals surface area contributed by atoms with E-state index in [0.717, 1.165) is 25.2 Å². The highest BCUT2D eigenvalue weighted by atomic mass is 16.3. The third-order valence-corrected chi connectivity index (χ3v) is 5.68. The smallest absolute Gasteiger partial charge is 0.261 e. The Bertz CT molecular complexity index is 484. The number of carbonyl (C=O) groups excluding carboxylic acids is 2. The molecule has 1 N–H and O–H groups in total. The van der Waals surface area contributed by atoms with Crippen molar-refractivity contribution in [1.82, 2.24) is 4.90 Å². The number of nitrogens with zero attached hydrogens (tertiary/aromatic N) is 1. The fourth-order valence-corrected chi connectivity index (χ4v) is 3.72. The van der Waals surface area contributed by atoms with Crippen molar-refractivity contribution in [2.75, 3.05) is 7.05 Å². The Morgan fingerprint density at radius 3 is 2.08 bits per heavy atom. The first-order chi connectivity index (χ1) is 12.4. The maximum atomic E-state index is 12.2. The number of Topliss-reactive ketones (excluding diaryl/α,β-unsaturated/α-hetero) is 1. The SMILES string of the molecule is CCCC(C)CCCCCCCCCCC(=O)C1=C(O)C(C)N(C)C1=O. The molecule has 4 heteroatoms. The number of likely N-dealkylation sites (N-methyl/N-ethyl adjacent to an activating group) is 1. The summed E-state index contributed by atoms with van der Waals surface area (Å²) < 4.78 is 0. The van der Waals surface area contributed by atoms with Crippen molar-refractivity contribution in [3.63, 3.8) is 0 Å². The van der Waals surface area contributed by atoms with Crippen LogP contribution in [0.3, 0.4) is 0 Å². The average molecular weight is 366 g/mol. The number of hydrogen-bond acceptors (Lipinski definition) is 3. The van der Waals surface area contributed by atoms with Crippen LogP contribution in [0.25, 0.3) is 0 Å². The number of hydrogen-bond donors (Lipinski definition) is 1. The molecule has 1 aliphatic heterocycles. The van der Waals surface area contributed by atoms with E-state index in [-0.39, 0.29) is 29.1 Å². The molecular weight excluding hydrogens is 326 g/mol. The maximum absolute atomic E-state index is 12.2. The molecule has 1 heterocycles. The summed E-state index contributed by atoms with van der Waals surface area (Å²) in [6.45, 7) is 6.35. The molecule has 1 aliphatic rings. The van der Waals surface area contributed by atoms with Crippen molar-refractivity contribution in [3.8, 4) is 0 Å². The molecule has 0 saturated heterocycles. The molecule has 0 fully saturated rings. The molecule has 0 aromatic heterocycles. The Hall–Kier alpha value is -1.32. The summed E-state index contributed by atoms with van der Waals surface area (Å²) in [5, 5.41) is 9.97. The summed E-state index contributed by atoms with van der Waals surface area (Å²) in [7, 11) is 1.62. The lowest BCUT2D eigenvalue weighted by Crippen LogP contribution is -2.30. The van der Waals surface area contributed by atoms with Gasteiger partial charge in [-0.3, -0.25) is 9.59 Å². The molecule has 4 nitrogen and oxygen atoms in total. The molecule has 150 valence electrons. The first-order valence-corrected chi connectivity index (χ1v) is 10.6. The summed E-state index contributed by atoms with van der Waals surface area (Å²) in [5.41, 5.74) is 0.0114. The van der Waals surface area contributed by atoms with E-state index < -0.39 is 0 Å². The van der Waals surface area contributed by atoms with Crippen LogP contribution < -0.4 is 0 Å². The Morgan fingerprint density at radius 1 is 1.04 bits per heavy atom. The number of carbonyl (C=O) groups is 2. The minimum Gasteiger partial charge on any atom is -0.509 e. The monoisotopic (exact) mass is 365 g/mol. The molecule has 0 radical (unpaired) electrons. The predicted octanol–water partition coefficient (Wildman–Crippen LogP) is 5.57. The van der Waals surface area contributed by atoms with Crippen LogP contribution in [0.2, 0.25) is 0 Å². The third-order valence-electron chi connectivity index (χ3n) is 5.68. The van der Waals surface area contributed by atoms with Crippen LogP contribution in [0, 0.1) is 5.92 Å². The second kappa shape index (κ2) is 12.1. The number of rotatable bonds is 14. The van der Waals surface area contributed by atoms with Gasteiger partial charge in [0, 0.05) is 13.5 Å². The van der Waals surface area contributed by atoms with Gasteiger partial charge in [0.05, 0.1) is 6.04 Å². The van der Waals surface area contributed by atoms with Gasteiger partial charge in [-0.2, -0.15) is 0 Å². The molecule has 0 aliphatic carbocycles. The quantitative estimate of drug-likeness (QED) is 0.323. The Labute approximate surface area is 160 Å². The van der Waals surface area contributed by atoms with Gasteiger partial charge in [0.15, 0.2) is 5.78 Å². The van der Waals surface area contributed by atoms with Crippen LogP contribution in [0.4, 0.5) is 0 Å². The van der Waals surface area contributed by atoms with E-state index in [9.17, 15) is 14.7 Å². The summed E-state index contributed by atoms with van der Waals surface area (Å²) >= 11 is 0. The number of amides is 1. The highest BCUT2D eigenvalue weighted by molar-refractivity contribution is 6.21. The van der Waals surface area contributed by atoms with E-state index >= 15 is 0 Å². The summed E-state index contributed by atoms with van der Waals surface area (Å²) in [5.74, 6) is 0.274. The zero-order valence-corrected chi connectivity index (χ0v) is 17.4. The lowest BCUT2D eigenvalue weighted by Gasteiger charge is -2.14. The molecule has 1 rings (SSSR count). The average Bonchev–Trinajstić information content (AvgIpc) is 2.80. The van der Waals surface area contributed by atoms with Gasteiger partial charge in [-0.05, 0) is 19.3 Å². The normalized spacial score (nSPS) is 18.7. The number of aliphatic hydroxyl groups is 1. The van der Waals surface area contributed by atoms with E-state index in [2.05, 4.69) is 13.8 Å². The zero-order valence-electron chi connectivity index (χ0n) is 17.4. The number of unbranched alkanes of at least 4 members (excludes halogenated alkanes) is 7. The highest BCUT2D eigenvalue weighted by Crippen LogP contribution is 2.24. The van der Waals surface area contributed by atoms with Gasteiger partial charge in [-0.15, -0.1) is 0 Å². The van der Waals surface area contributed by atoms with E-state index in [1.54, 1.807) is 14.0 Å². The molecule has 0 aromatic rings. The number of aliphatic hydroxyl groups excluding tert-OH is 1. The van der Waals surface area contributed by atoms with Crippen molar-refractivity contribution in [2.45, 2.75) is 104 Å². The van der Waals surface area contributed by atoms with Crippen LogP contribution in [-0.2, 0) is 9.59 Å². The molecule has 2 unspecified atom stereocenters. The topological polar surface area (TPSA) is 57.6 Å². The van der Waals surface area contributed by atoms with Gasteiger partial charge in [0.25, 0.3) is 5.91 Å². The molecule has 0 bridgehead atoms. The highest BCUT2D eigenvalue weighted by Gasteiger charge is 2.37. The van der Waals surface area contributed by atoms with Gasteiger partial charge < -0.3 is 10.0 Å². The predicted molar refractivity (Wildman–Crippen MR) is 107 cm³/mol. The zero-order chi connectivity index (χ0) is 19.5. The standard InChI is InChI=1S/C22H39NO3/c1-5-14-17(2)15-12-10-8-6-7-9-11-13-16-19(24)20-21(25)18(3)23(4)22(20)26/h17-18,25H,5-16H2,1-4H3. The minimum atomic E-state index is -0.383. The molecule has 0 spiro atoms. The lowest BCUT2D eigenvalue weighted by atomic mass is 9.97. The maximum Gasteiger partial charge on any atom is 0.261 e. The van der Waals surface area contributed by atoms with Crippen LogP contribution in [-0.4, -0.2) is 34.8 Å². The fraction of sp³-hybridized carbons (Fsp3) is 0.818. The minimum absolute atomic E-state index is 0.0114. The lowest BCUT2D eigenvalue weighted by molar-refractivity contribution is -0.128. The molecule has 0 aromatic carbocycles. The van der Waals surface area contributed by atoms with Gasteiger partial charge >= 0.3 is 0 Å². The first kappa shape index (κ1) is 22.7. The van der Waals surface area contributed by atoms with Crippen LogP contribution in [0.5, 0.6) is 0 Å². The second-order valence-electron chi connectivity index (χ2n) is 8.04. The van der Waals surface area contributed by atoms with E-state index in [1.165, 1.54) is 56.3 Å². The summed E-state index contributed by atoms with van der Waals surface area (Å²) in [6.07, 6.45) is 13.9. The van der Waals surface area contributed by atoms with Crippen LogP contribution >= 0.6 is 0 Å². The van der Waals surface area contributed by atoms with E-state index in [4.69, 9.17) is 0 Å². The molecular formula is C22H39NO3. The number of ketones is 1. The van der Waals surface area contributed by atoms with Gasteiger partial charge in [0.1, 0.15) is 11.3 Å². The second-order valence-corrected chi connectivity index (χ2v) is 8.04. The fourth-order valence-electron chi connectivity index (χ4n) is 3.72. The van der Waals surface area contributed by atoms with Crippen LogP contribution in [0.15, 0.2) is 11.3 Å². The first-order valence-electron chi connectivity index (χ1n) is 10.6. The largest absolute Gasteiger partial charge is 0.509 e. The van der Waals surface area contributed by atoms with E-state index in [0.29, 0.717) is 6.42 Å². The molecule has 26 heavy (non-hydrogen) atoms. The molecule has 1 amide bonds. The van der Waals surface area contributed by atoms with Gasteiger partial charge in [0.2, 0.25) is 0 Å². The van der Waals surface area contributed by atoms with Crippen molar-refractivity contribution in [3.05, 3.63) is 11.3 Å². The summed E-state index contributed by atoms with van der Waals surface area (Å²) in [6, 6.07) is -0.383. The molecule has 2 atom stereocenters. The summed E-state index contributed by atoms with van der Waals surface area (Å²) in [4.78, 5) is 25.6. The van der Waals surface area contributed by atoms with Crippen molar-refractivity contribution in [1.29, 1.82) is 0 Å². The van der Waals surface area contributed by atoms with Gasteiger partial charge in [-0.1, -0.05) is 78.1 Å². The third kappa shape index (κ3) is 7.13.